The number of carbonyl (C=O) groups excluding carboxylic acids is 1. The van der Waals surface area contributed by atoms with Crippen molar-refractivity contribution in [1.29, 1.82) is 0 Å². The number of nitrogens with two attached hydrogens (primary N) is 2. The molecule has 0 bridgehead atoms. The van der Waals surface area contributed by atoms with E-state index >= 15 is 0 Å². The highest BCUT2D eigenvalue weighted by molar-refractivity contribution is 6.31. The largest absolute Gasteiger partial charge is 0.368 e. The van der Waals surface area contributed by atoms with Gasteiger partial charge < -0.3 is 11.5 Å². The summed E-state index contributed by atoms with van der Waals surface area (Å²) in [7, 11) is 0. The Bertz CT molecular complexity index is 372. The minimum absolute atomic E-state index is 0.432. The molecule has 1 amide bonds. The summed E-state index contributed by atoms with van der Waals surface area (Å²) in [5.41, 5.74) is 10.7. The predicted molar refractivity (Wildman–Crippen MR) is 58.4 cm³/mol. The quantitative estimate of drug-likeness (QED) is 0.787. The van der Waals surface area contributed by atoms with Gasteiger partial charge in [0.2, 0.25) is 5.91 Å². The van der Waals surface area contributed by atoms with Crippen molar-refractivity contribution in [3.05, 3.63) is 16.9 Å². The minimum Gasteiger partial charge on any atom is -0.368 e. The average Bonchev–Trinajstić information content (AvgIpc) is 2.45. The van der Waals surface area contributed by atoms with Gasteiger partial charge in [-0.05, 0) is 20.3 Å². The van der Waals surface area contributed by atoms with E-state index in [9.17, 15) is 4.79 Å². The number of hydrogen-bond acceptors (Lipinski definition) is 3. The standard InChI is InChI=1S/C9H15ClN4O/c1-6-7(10)5-13-14(6)4-3-9(2,12)8(11)15/h5H,3-4,12H2,1-2H3,(H2,11,15). The number of halogens is 1. The number of aromatic nitrogens is 2. The van der Waals surface area contributed by atoms with Crippen LogP contribution in [0.4, 0.5) is 0 Å². The van der Waals surface area contributed by atoms with Gasteiger partial charge in [0.05, 0.1) is 22.5 Å². The van der Waals surface area contributed by atoms with Crippen LogP contribution in [0, 0.1) is 6.92 Å². The highest BCUT2D eigenvalue weighted by Gasteiger charge is 2.25. The maximum Gasteiger partial charge on any atom is 0.237 e. The molecule has 0 fully saturated rings. The number of aryl methyl sites for hydroxylation is 1. The zero-order valence-corrected chi connectivity index (χ0v) is 9.58. The van der Waals surface area contributed by atoms with Crippen molar-refractivity contribution in [1.82, 2.24) is 9.78 Å². The Morgan fingerprint density at radius 1 is 1.73 bits per heavy atom. The van der Waals surface area contributed by atoms with E-state index in [0.29, 0.717) is 18.0 Å². The maximum atomic E-state index is 11.0. The van der Waals surface area contributed by atoms with E-state index in [0.717, 1.165) is 5.69 Å². The molecule has 1 atom stereocenters. The van der Waals surface area contributed by atoms with Crippen LogP contribution >= 0.6 is 11.6 Å². The van der Waals surface area contributed by atoms with Gasteiger partial charge in [0.25, 0.3) is 0 Å². The molecule has 0 radical (unpaired) electrons. The van der Waals surface area contributed by atoms with Crippen LogP contribution in [0.3, 0.4) is 0 Å². The normalized spacial score (nSPS) is 14.9. The number of hydrogen-bond donors (Lipinski definition) is 2. The molecule has 0 aliphatic heterocycles. The Balaban J connectivity index is 2.65. The molecule has 1 aromatic heterocycles. The van der Waals surface area contributed by atoms with Crippen LogP contribution in [0.15, 0.2) is 6.20 Å². The SMILES string of the molecule is Cc1c(Cl)cnn1CCC(C)(N)C(N)=O. The van der Waals surface area contributed by atoms with Crippen LogP contribution in [-0.2, 0) is 11.3 Å². The topological polar surface area (TPSA) is 86.9 Å². The Hall–Kier alpha value is -1.07. The Morgan fingerprint density at radius 2 is 2.33 bits per heavy atom. The molecule has 84 valence electrons. The second-order valence-corrected chi connectivity index (χ2v) is 4.24. The van der Waals surface area contributed by atoms with E-state index in [-0.39, 0.29) is 0 Å². The highest BCUT2D eigenvalue weighted by atomic mass is 35.5. The first-order chi connectivity index (χ1) is 6.84. The van der Waals surface area contributed by atoms with Gasteiger partial charge in [-0.25, -0.2) is 0 Å². The number of carbonyl (C=O) groups is 1. The molecule has 6 heteroatoms. The molecule has 1 aromatic rings. The lowest BCUT2D eigenvalue weighted by molar-refractivity contribution is -0.122. The predicted octanol–water partition coefficient (Wildman–Crippen LogP) is 0.438. The molecule has 0 spiro atoms. The van der Waals surface area contributed by atoms with Crippen LogP contribution in [0.1, 0.15) is 19.0 Å². The van der Waals surface area contributed by atoms with Gasteiger partial charge in [-0.15, -0.1) is 0 Å². The summed E-state index contributed by atoms with van der Waals surface area (Å²) >= 11 is 5.84. The van der Waals surface area contributed by atoms with Crippen LogP contribution in [-0.4, -0.2) is 21.2 Å². The van der Waals surface area contributed by atoms with Gasteiger partial charge in [-0.1, -0.05) is 11.6 Å². The fraction of sp³-hybridized carbons (Fsp3) is 0.556. The minimum atomic E-state index is -1.01. The third-order valence-electron chi connectivity index (χ3n) is 2.45. The summed E-state index contributed by atoms with van der Waals surface area (Å²) < 4.78 is 1.70. The first kappa shape index (κ1) is 12.0. The third-order valence-corrected chi connectivity index (χ3v) is 2.82. The van der Waals surface area contributed by atoms with Gasteiger partial charge in [-0.3, -0.25) is 9.48 Å². The van der Waals surface area contributed by atoms with E-state index in [1.807, 2.05) is 6.92 Å². The van der Waals surface area contributed by atoms with Gasteiger partial charge in [0.1, 0.15) is 0 Å². The van der Waals surface area contributed by atoms with E-state index < -0.39 is 11.4 Å². The fourth-order valence-electron chi connectivity index (χ4n) is 1.11. The van der Waals surface area contributed by atoms with Crippen molar-refractivity contribution in [2.75, 3.05) is 0 Å². The van der Waals surface area contributed by atoms with E-state index in [2.05, 4.69) is 5.10 Å². The Labute approximate surface area is 93.4 Å². The third kappa shape index (κ3) is 2.70. The molecule has 1 heterocycles. The van der Waals surface area contributed by atoms with Crippen LogP contribution in [0.5, 0.6) is 0 Å². The molecule has 1 rings (SSSR count). The average molecular weight is 231 g/mol. The lowest BCUT2D eigenvalue weighted by atomic mass is 9.99. The second kappa shape index (κ2) is 4.20. The fourth-order valence-corrected chi connectivity index (χ4v) is 1.25. The first-order valence-electron chi connectivity index (χ1n) is 4.61. The van der Waals surface area contributed by atoms with Gasteiger partial charge >= 0.3 is 0 Å². The highest BCUT2D eigenvalue weighted by Crippen LogP contribution is 2.15. The molecule has 0 aromatic carbocycles. The lowest BCUT2D eigenvalue weighted by Crippen LogP contribution is -2.49. The monoisotopic (exact) mass is 230 g/mol. The summed E-state index contributed by atoms with van der Waals surface area (Å²) in [5.74, 6) is -0.515. The molecule has 1 unspecified atom stereocenters. The molecule has 0 aliphatic carbocycles. The van der Waals surface area contributed by atoms with Crippen molar-refractivity contribution in [3.8, 4) is 0 Å². The number of rotatable bonds is 4. The molecule has 0 saturated carbocycles. The Morgan fingerprint density at radius 3 is 2.73 bits per heavy atom. The molecule has 0 saturated heterocycles. The molecule has 5 nitrogen and oxygen atoms in total. The summed E-state index contributed by atoms with van der Waals surface area (Å²) in [6.45, 7) is 3.98. The first-order valence-corrected chi connectivity index (χ1v) is 4.99. The van der Waals surface area contributed by atoms with E-state index in [4.69, 9.17) is 23.1 Å². The van der Waals surface area contributed by atoms with Crippen LogP contribution < -0.4 is 11.5 Å². The summed E-state index contributed by atoms with van der Waals surface area (Å²) in [6.07, 6.45) is 2.00. The zero-order chi connectivity index (χ0) is 11.6. The molecular weight excluding hydrogens is 216 g/mol. The molecular formula is C9H15ClN4O. The van der Waals surface area contributed by atoms with Crippen LogP contribution in [0.2, 0.25) is 5.02 Å². The van der Waals surface area contributed by atoms with Crippen molar-refractivity contribution < 1.29 is 4.79 Å². The number of nitrogens with zero attached hydrogens (tertiary/aromatic N) is 2. The molecule has 0 aliphatic rings. The van der Waals surface area contributed by atoms with Crippen molar-refractivity contribution in [2.45, 2.75) is 32.4 Å². The number of primary amides is 1. The Kier molecular flexibility index (Phi) is 3.36. The van der Waals surface area contributed by atoms with Crippen molar-refractivity contribution in [3.63, 3.8) is 0 Å². The molecule has 4 N–H and O–H groups in total. The van der Waals surface area contributed by atoms with Gasteiger partial charge in [0, 0.05) is 6.54 Å². The molecule has 15 heavy (non-hydrogen) atoms. The number of amides is 1. The van der Waals surface area contributed by atoms with Gasteiger partial charge in [0.15, 0.2) is 0 Å². The summed E-state index contributed by atoms with van der Waals surface area (Å²) in [4.78, 5) is 11.0. The maximum absolute atomic E-state index is 11.0. The smallest absolute Gasteiger partial charge is 0.237 e. The van der Waals surface area contributed by atoms with E-state index in [1.54, 1.807) is 17.8 Å². The zero-order valence-electron chi connectivity index (χ0n) is 8.83. The van der Waals surface area contributed by atoms with Crippen LogP contribution in [0.25, 0.3) is 0 Å². The summed E-state index contributed by atoms with van der Waals surface area (Å²) in [5, 5.41) is 4.66. The van der Waals surface area contributed by atoms with Crippen molar-refractivity contribution >= 4 is 17.5 Å². The van der Waals surface area contributed by atoms with E-state index in [1.165, 1.54) is 0 Å². The lowest BCUT2D eigenvalue weighted by Gasteiger charge is -2.20. The summed E-state index contributed by atoms with van der Waals surface area (Å²) in [6, 6.07) is 0. The van der Waals surface area contributed by atoms with Crippen molar-refractivity contribution in [2.24, 2.45) is 11.5 Å². The van der Waals surface area contributed by atoms with Gasteiger partial charge in [-0.2, -0.15) is 5.10 Å². The second-order valence-electron chi connectivity index (χ2n) is 3.83.